The van der Waals surface area contributed by atoms with Crippen molar-refractivity contribution in [3.05, 3.63) is 59.8 Å². The van der Waals surface area contributed by atoms with Gasteiger partial charge in [0, 0.05) is 18.1 Å². The second-order valence-corrected chi connectivity index (χ2v) is 7.90. The first-order valence-corrected chi connectivity index (χ1v) is 10.0. The molecule has 0 radical (unpaired) electrons. The maximum Gasteiger partial charge on any atom is 0.244 e. The average Bonchev–Trinajstić information content (AvgIpc) is 2.67. The minimum atomic E-state index is -3.71. The summed E-state index contributed by atoms with van der Waals surface area (Å²) in [7, 11) is -2.25. The number of aromatic nitrogens is 1. The molecule has 1 heterocycles. The Bertz CT molecular complexity index is 1060. The van der Waals surface area contributed by atoms with E-state index in [2.05, 4.69) is 9.71 Å². The van der Waals surface area contributed by atoms with Gasteiger partial charge in [0.1, 0.15) is 28.5 Å². The molecular weight excluding hydrogens is 364 g/mol. The average molecular weight is 386 g/mol. The zero-order chi connectivity index (χ0) is 19.4. The number of hydrogen-bond acceptors (Lipinski definition) is 5. The Balaban J connectivity index is 1.69. The molecule has 0 fully saturated rings. The van der Waals surface area contributed by atoms with Crippen LogP contribution in [0.4, 0.5) is 0 Å². The van der Waals surface area contributed by atoms with Crippen molar-refractivity contribution in [1.29, 1.82) is 0 Å². The van der Waals surface area contributed by atoms with E-state index in [9.17, 15) is 8.42 Å². The topological polar surface area (TPSA) is 77.5 Å². The van der Waals surface area contributed by atoms with Crippen molar-refractivity contribution in [2.24, 2.45) is 0 Å². The molecule has 27 heavy (non-hydrogen) atoms. The SMILES string of the molecule is COc1cc(C)c(C)cc1S(=O)(=O)NCCOc1cccc2cccnc12. The van der Waals surface area contributed by atoms with Gasteiger partial charge < -0.3 is 9.47 Å². The van der Waals surface area contributed by atoms with Crippen LogP contribution in [0.15, 0.2) is 53.6 Å². The lowest BCUT2D eigenvalue weighted by molar-refractivity contribution is 0.326. The zero-order valence-electron chi connectivity index (χ0n) is 15.5. The van der Waals surface area contributed by atoms with Crippen molar-refractivity contribution in [3.63, 3.8) is 0 Å². The predicted molar refractivity (Wildman–Crippen MR) is 105 cm³/mol. The second-order valence-electron chi connectivity index (χ2n) is 6.16. The lowest BCUT2D eigenvalue weighted by atomic mass is 10.1. The van der Waals surface area contributed by atoms with Gasteiger partial charge in [-0.2, -0.15) is 0 Å². The van der Waals surface area contributed by atoms with Gasteiger partial charge in [0.15, 0.2) is 0 Å². The molecule has 0 aliphatic heterocycles. The van der Waals surface area contributed by atoms with E-state index in [0.717, 1.165) is 22.0 Å². The number of nitrogens with one attached hydrogen (secondary N) is 1. The van der Waals surface area contributed by atoms with E-state index < -0.39 is 10.0 Å². The molecule has 2 aromatic carbocycles. The highest BCUT2D eigenvalue weighted by molar-refractivity contribution is 7.89. The summed E-state index contributed by atoms with van der Waals surface area (Å²) < 4.78 is 38.8. The fraction of sp³-hybridized carbons (Fsp3) is 0.250. The summed E-state index contributed by atoms with van der Waals surface area (Å²) in [6, 6.07) is 12.8. The Kier molecular flexibility index (Phi) is 5.62. The molecule has 0 aliphatic carbocycles. The maximum atomic E-state index is 12.6. The number of sulfonamides is 1. The van der Waals surface area contributed by atoms with Crippen LogP contribution in [0, 0.1) is 13.8 Å². The van der Waals surface area contributed by atoms with Crippen LogP contribution in [0.5, 0.6) is 11.5 Å². The Labute approximate surface area is 159 Å². The van der Waals surface area contributed by atoms with E-state index in [1.807, 2.05) is 44.2 Å². The quantitative estimate of drug-likeness (QED) is 0.631. The van der Waals surface area contributed by atoms with Crippen molar-refractivity contribution in [2.45, 2.75) is 18.7 Å². The Hall–Kier alpha value is -2.64. The number of nitrogens with zero attached hydrogens (tertiary/aromatic N) is 1. The molecule has 6 nitrogen and oxygen atoms in total. The van der Waals surface area contributed by atoms with Crippen molar-refractivity contribution >= 4 is 20.9 Å². The van der Waals surface area contributed by atoms with Crippen molar-refractivity contribution in [3.8, 4) is 11.5 Å². The molecule has 1 N–H and O–H groups in total. The zero-order valence-corrected chi connectivity index (χ0v) is 16.3. The lowest BCUT2D eigenvalue weighted by Crippen LogP contribution is -2.28. The maximum absolute atomic E-state index is 12.6. The molecule has 0 saturated carbocycles. The summed E-state index contributed by atoms with van der Waals surface area (Å²) in [6.07, 6.45) is 1.70. The van der Waals surface area contributed by atoms with E-state index in [-0.39, 0.29) is 18.0 Å². The fourth-order valence-corrected chi connectivity index (χ4v) is 3.99. The minimum Gasteiger partial charge on any atom is -0.495 e. The van der Waals surface area contributed by atoms with Crippen LogP contribution >= 0.6 is 0 Å². The number of ether oxygens (including phenoxy) is 2. The van der Waals surface area contributed by atoms with Gasteiger partial charge in [-0.25, -0.2) is 13.1 Å². The van der Waals surface area contributed by atoms with E-state index in [1.165, 1.54) is 7.11 Å². The molecule has 0 amide bonds. The summed E-state index contributed by atoms with van der Waals surface area (Å²) >= 11 is 0. The van der Waals surface area contributed by atoms with Crippen molar-refractivity contribution < 1.29 is 17.9 Å². The molecule has 1 aromatic heterocycles. The highest BCUT2D eigenvalue weighted by Crippen LogP contribution is 2.27. The van der Waals surface area contributed by atoms with Gasteiger partial charge in [-0.1, -0.05) is 18.2 Å². The molecule has 142 valence electrons. The Morgan fingerprint density at radius 2 is 1.78 bits per heavy atom. The first-order chi connectivity index (χ1) is 12.9. The molecule has 0 spiro atoms. The Morgan fingerprint density at radius 1 is 1.04 bits per heavy atom. The first kappa shape index (κ1) is 19.1. The van der Waals surface area contributed by atoms with Crippen LogP contribution in [0.25, 0.3) is 10.9 Å². The lowest BCUT2D eigenvalue weighted by Gasteiger charge is -2.14. The molecule has 0 bridgehead atoms. The van der Waals surface area contributed by atoms with Gasteiger partial charge in [0.2, 0.25) is 10.0 Å². The van der Waals surface area contributed by atoms with E-state index in [1.54, 1.807) is 18.3 Å². The van der Waals surface area contributed by atoms with Gasteiger partial charge in [-0.05, 0) is 49.2 Å². The van der Waals surface area contributed by atoms with Crippen LogP contribution in [-0.2, 0) is 10.0 Å². The van der Waals surface area contributed by atoms with Gasteiger partial charge in [-0.3, -0.25) is 4.98 Å². The fourth-order valence-electron chi connectivity index (χ4n) is 2.74. The number of fused-ring (bicyclic) bond motifs is 1. The van der Waals surface area contributed by atoms with Crippen molar-refractivity contribution in [1.82, 2.24) is 9.71 Å². The van der Waals surface area contributed by atoms with Gasteiger partial charge in [0.25, 0.3) is 0 Å². The number of hydrogen-bond donors (Lipinski definition) is 1. The number of methoxy groups -OCH3 is 1. The molecule has 0 saturated heterocycles. The summed E-state index contributed by atoms with van der Waals surface area (Å²) in [5, 5.41) is 0.968. The van der Waals surface area contributed by atoms with Crippen molar-refractivity contribution in [2.75, 3.05) is 20.3 Å². The molecule has 0 aliphatic rings. The standard InChI is InChI=1S/C20H22N2O4S/c1-14-12-18(25-3)19(13-15(14)2)27(23,24)22-10-11-26-17-8-4-6-16-7-5-9-21-20(16)17/h4-9,12-13,22H,10-11H2,1-3H3. The summed E-state index contributed by atoms with van der Waals surface area (Å²) in [6.45, 7) is 4.09. The summed E-state index contributed by atoms with van der Waals surface area (Å²) in [4.78, 5) is 4.44. The van der Waals surface area contributed by atoms with Crippen LogP contribution in [0.1, 0.15) is 11.1 Å². The van der Waals surface area contributed by atoms with Gasteiger partial charge in [0.05, 0.1) is 7.11 Å². The number of para-hydroxylation sites is 1. The van der Waals surface area contributed by atoms with E-state index in [4.69, 9.17) is 9.47 Å². The Morgan fingerprint density at radius 3 is 2.56 bits per heavy atom. The second kappa shape index (κ2) is 7.94. The van der Waals surface area contributed by atoms with Crippen LogP contribution < -0.4 is 14.2 Å². The largest absolute Gasteiger partial charge is 0.495 e. The normalized spacial score (nSPS) is 11.5. The predicted octanol–water partition coefficient (Wildman–Crippen LogP) is 3.22. The number of benzene rings is 2. The smallest absolute Gasteiger partial charge is 0.244 e. The molecule has 3 rings (SSSR count). The van der Waals surface area contributed by atoms with Gasteiger partial charge in [-0.15, -0.1) is 0 Å². The summed E-state index contributed by atoms with van der Waals surface area (Å²) in [5.41, 5.74) is 2.60. The molecular formula is C20H22N2O4S. The molecule has 0 unspecified atom stereocenters. The molecule has 7 heteroatoms. The first-order valence-electron chi connectivity index (χ1n) is 8.54. The van der Waals surface area contributed by atoms with E-state index >= 15 is 0 Å². The summed E-state index contributed by atoms with van der Waals surface area (Å²) in [5.74, 6) is 0.945. The third-order valence-corrected chi connectivity index (χ3v) is 5.80. The van der Waals surface area contributed by atoms with Crippen LogP contribution in [0.3, 0.4) is 0 Å². The monoisotopic (exact) mass is 386 g/mol. The number of rotatable bonds is 7. The minimum absolute atomic E-state index is 0.125. The van der Waals surface area contributed by atoms with Gasteiger partial charge >= 0.3 is 0 Å². The highest BCUT2D eigenvalue weighted by atomic mass is 32.2. The van der Waals surface area contributed by atoms with E-state index in [0.29, 0.717) is 11.5 Å². The van der Waals surface area contributed by atoms with Crippen LogP contribution in [-0.4, -0.2) is 33.7 Å². The number of pyridine rings is 1. The number of aryl methyl sites for hydroxylation is 2. The van der Waals surface area contributed by atoms with Crippen LogP contribution in [0.2, 0.25) is 0 Å². The molecule has 3 aromatic rings. The highest BCUT2D eigenvalue weighted by Gasteiger charge is 2.20. The third kappa shape index (κ3) is 4.20. The molecule has 0 atom stereocenters. The third-order valence-electron chi connectivity index (χ3n) is 4.32.